The maximum Gasteiger partial charge on any atom is 0.0622 e. The zero-order valence-electron chi connectivity index (χ0n) is 12.2. The van der Waals surface area contributed by atoms with Crippen molar-refractivity contribution in [2.75, 3.05) is 26.3 Å². The molecule has 1 aromatic rings. The van der Waals surface area contributed by atoms with Crippen molar-refractivity contribution < 1.29 is 4.74 Å². The van der Waals surface area contributed by atoms with Crippen LogP contribution in [0.25, 0.3) is 0 Å². The summed E-state index contributed by atoms with van der Waals surface area (Å²) in [6.07, 6.45) is 5.18. The standard InChI is InChI=1S/C14H26N4O/c1-4-13-10-19-6-5-17(13)14(7-15)12-8-16-18(9-12)11(2)3/h8-9,11,13-14H,4-7,10,15H2,1-3H3. The van der Waals surface area contributed by atoms with E-state index < -0.39 is 0 Å². The molecular weight excluding hydrogens is 240 g/mol. The second-order valence-corrected chi connectivity index (χ2v) is 5.47. The highest BCUT2D eigenvalue weighted by molar-refractivity contribution is 5.12. The zero-order chi connectivity index (χ0) is 13.8. The summed E-state index contributed by atoms with van der Waals surface area (Å²) in [7, 11) is 0. The minimum absolute atomic E-state index is 0.251. The van der Waals surface area contributed by atoms with Crippen molar-refractivity contribution in [2.24, 2.45) is 5.73 Å². The van der Waals surface area contributed by atoms with E-state index in [1.54, 1.807) is 0 Å². The largest absolute Gasteiger partial charge is 0.378 e. The van der Waals surface area contributed by atoms with E-state index >= 15 is 0 Å². The van der Waals surface area contributed by atoms with Gasteiger partial charge in [-0.3, -0.25) is 9.58 Å². The lowest BCUT2D eigenvalue weighted by molar-refractivity contribution is -0.0291. The van der Waals surface area contributed by atoms with Crippen LogP contribution in [0.3, 0.4) is 0 Å². The molecule has 0 spiro atoms. The Morgan fingerprint density at radius 3 is 2.89 bits per heavy atom. The van der Waals surface area contributed by atoms with Crippen LogP contribution in [0.5, 0.6) is 0 Å². The second-order valence-electron chi connectivity index (χ2n) is 5.47. The van der Waals surface area contributed by atoms with Crippen molar-refractivity contribution in [2.45, 2.75) is 45.3 Å². The van der Waals surface area contributed by atoms with Gasteiger partial charge in [-0.2, -0.15) is 5.10 Å². The Bertz CT molecular complexity index is 391. The van der Waals surface area contributed by atoms with Crippen molar-refractivity contribution in [1.29, 1.82) is 0 Å². The molecule has 19 heavy (non-hydrogen) atoms. The monoisotopic (exact) mass is 266 g/mol. The highest BCUT2D eigenvalue weighted by Gasteiger charge is 2.29. The van der Waals surface area contributed by atoms with Crippen LogP contribution in [0.4, 0.5) is 0 Å². The predicted octanol–water partition coefficient (Wildman–Crippen LogP) is 1.57. The third-order valence-electron chi connectivity index (χ3n) is 3.90. The van der Waals surface area contributed by atoms with Crippen LogP contribution in [0.1, 0.15) is 44.8 Å². The quantitative estimate of drug-likeness (QED) is 0.879. The Morgan fingerprint density at radius 2 is 2.32 bits per heavy atom. The number of rotatable bonds is 5. The minimum atomic E-state index is 0.251. The molecular formula is C14H26N4O. The molecule has 1 aliphatic heterocycles. The molecule has 2 N–H and O–H groups in total. The molecule has 2 unspecified atom stereocenters. The average Bonchev–Trinajstić information content (AvgIpc) is 2.90. The molecule has 0 aliphatic carbocycles. The van der Waals surface area contributed by atoms with Gasteiger partial charge in [0.25, 0.3) is 0 Å². The minimum Gasteiger partial charge on any atom is -0.378 e. The van der Waals surface area contributed by atoms with E-state index in [1.165, 1.54) is 5.56 Å². The Kier molecular flexibility index (Phi) is 4.96. The first-order valence-corrected chi connectivity index (χ1v) is 7.25. The van der Waals surface area contributed by atoms with E-state index in [9.17, 15) is 0 Å². The average molecular weight is 266 g/mol. The highest BCUT2D eigenvalue weighted by Crippen LogP contribution is 2.25. The molecule has 0 bridgehead atoms. The van der Waals surface area contributed by atoms with Gasteiger partial charge in [0, 0.05) is 36.9 Å². The van der Waals surface area contributed by atoms with Crippen LogP contribution in [0.15, 0.2) is 12.4 Å². The van der Waals surface area contributed by atoms with Crippen molar-refractivity contribution >= 4 is 0 Å². The summed E-state index contributed by atoms with van der Waals surface area (Å²) in [5.74, 6) is 0. The lowest BCUT2D eigenvalue weighted by Gasteiger charge is -2.40. The van der Waals surface area contributed by atoms with Crippen molar-refractivity contribution in [3.8, 4) is 0 Å². The van der Waals surface area contributed by atoms with Crippen LogP contribution in [-0.4, -0.2) is 47.0 Å². The Morgan fingerprint density at radius 1 is 1.53 bits per heavy atom. The van der Waals surface area contributed by atoms with E-state index in [0.717, 1.165) is 26.2 Å². The third-order valence-corrected chi connectivity index (χ3v) is 3.90. The Labute approximate surface area is 115 Å². The number of nitrogens with zero attached hydrogens (tertiary/aromatic N) is 3. The third kappa shape index (κ3) is 3.16. The topological polar surface area (TPSA) is 56.3 Å². The van der Waals surface area contributed by atoms with Gasteiger partial charge in [0.15, 0.2) is 0 Å². The van der Waals surface area contributed by atoms with Gasteiger partial charge in [0.05, 0.1) is 25.5 Å². The number of aromatic nitrogens is 2. The van der Waals surface area contributed by atoms with Crippen molar-refractivity contribution in [1.82, 2.24) is 14.7 Å². The molecule has 1 saturated heterocycles. The van der Waals surface area contributed by atoms with Crippen LogP contribution in [0.2, 0.25) is 0 Å². The number of ether oxygens (including phenoxy) is 1. The molecule has 1 fully saturated rings. The van der Waals surface area contributed by atoms with Gasteiger partial charge in [-0.05, 0) is 20.3 Å². The summed E-state index contributed by atoms with van der Waals surface area (Å²) in [6.45, 7) is 9.66. The summed E-state index contributed by atoms with van der Waals surface area (Å²) < 4.78 is 7.57. The number of morpholine rings is 1. The molecule has 108 valence electrons. The lowest BCUT2D eigenvalue weighted by Crippen LogP contribution is -2.48. The zero-order valence-corrected chi connectivity index (χ0v) is 12.2. The van der Waals surface area contributed by atoms with E-state index in [0.29, 0.717) is 18.6 Å². The fraction of sp³-hybridized carbons (Fsp3) is 0.786. The highest BCUT2D eigenvalue weighted by atomic mass is 16.5. The van der Waals surface area contributed by atoms with Crippen molar-refractivity contribution in [3.05, 3.63) is 18.0 Å². The van der Waals surface area contributed by atoms with Gasteiger partial charge in [-0.1, -0.05) is 6.92 Å². The summed E-state index contributed by atoms with van der Waals surface area (Å²) in [5, 5.41) is 4.43. The van der Waals surface area contributed by atoms with Crippen molar-refractivity contribution in [3.63, 3.8) is 0 Å². The first-order valence-electron chi connectivity index (χ1n) is 7.25. The molecule has 1 aliphatic rings. The molecule has 0 saturated carbocycles. The lowest BCUT2D eigenvalue weighted by atomic mass is 10.0. The summed E-state index contributed by atoms with van der Waals surface area (Å²) in [6, 6.07) is 1.10. The van der Waals surface area contributed by atoms with Gasteiger partial charge in [-0.25, -0.2) is 0 Å². The molecule has 2 rings (SSSR count). The number of hydrogen-bond donors (Lipinski definition) is 1. The molecule has 1 aromatic heterocycles. The smallest absolute Gasteiger partial charge is 0.0622 e. The van der Waals surface area contributed by atoms with E-state index in [1.807, 2.05) is 10.9 Å². The van der Waals surface area contributed by atoms with Gasteiger partial charge in [0.2, 0.25) is 0 Å². The fourth-order valence-electron chi connectivity index (χ4n) is 2.70. The summed E-state index contributed by atoms with van der Waals surface area (Å²) in [4.78, 5) is 2.48. The van der Waals surface area contributed by atoms with E-state index in [-0.39, 0.29) is 6.04 Å². The van der Waals surface area contributed by atoms with Crippen LogP contribution in [0, 0.1) is 0 Å². The predicted molar refractivity (Wildman–Crippen MR) is 76.0 cm³/mol. The molecule has 2 heterocycles. The molecule has 5 heteroatoms. The molecule has 0 amide bonds. The molecule has 0 aromatic carbocycles. The summed E-state index contributed by atoms with van der Waals surface area (Å²) in [5.41, 5.74) is 7.24. The van der Waals surface area contributed by atoms with Gasteiger partial charge in [-0.15, -0.1) is 0 Å². The van der Waals surface area contributed by atoms with Gasteiger partial charge < -0.3 is 10.5 Å². The molecule has 2 atom stereocenters. The molecule has 5 nitrogen and oxygen atoms in total. The second kappa shape index (κ2) is 6.50. The maximum absolute atomic E-state index is 6.02. The van der Waals surface area contributed by atoms with E-state index in [2.05, 4.69) is 37.0 Å². The first-order chi connectivity index (χ1) is 9.17. The SMILES string of the molecule is CCC1COCCN1C(CN)c1cnn(C(C)C)c1. The maximum atomic E-state index is 6.02. The van der Waals surface area contributed by atoms with Crippen LogP contribution in [-0.2, 0) is 4.74 Å². The number of hydrogen-bond acceptors (Lipinski definition) is 4. The van der Waals surface area contributed by atoms with Crippen LogP contribution < -0.4 is 5.73 Å². The Hall–Kier alpha value is -0.910. The van der Waals surface area contributed by atoms with E-state index in [4.69, 9.17) is 10.5 Å². The fourth-order valence-corrected chi connectivity index (χ4v) is 2.70. The first kappa shape index (κ1) is 14.5. The van der Waals surface area contributed by atoms with Gasteiger partial charge in [0.1, 0.15) is 0 Å². The number of nitrogens with two attached hydrogens (primary N) is 1. The summed E-state index contributed by atoms with van der Waals surface area (Å²) >= 11 is 0. The Balaban J connectivity index is 2.17. The van der Waals surface area contributed by atoms with Gasteiger partial charge >= 0.3 is 0 Å². The normalized spacial score (nSPS) is 22.9. The molecule has 0 radical (unpaired) electrons. The van der Waals surface area contributed by atoms with Crippen LogP contribution >= 0.6 is 0 Å².